The van der Waals surface area contributed by atoms with Crippen molar-refractivity contribution in [1.82, 2.24) is 0 Å². The Balaban J connectivity index is 2.01. The fourth-order valence-electron chi connectivity index (χ4n) is 2.15. The van der Waals surface area contributed by atoms with Gasteiger partial charge < -0.3 is 24.3 Å². The average Bonchev–Trinajstić information content (AvgIpc) is 2.65. The highest BCUT2D eigenvalue weighted by atomic mass is 32.2. The van der Waals surface area contributed by atoms with Crippen LogP contribution >= 0.6 is 11.8 Å². The highest BCUT2D eigenvalue weighted by Gasteiger charge is 2.11. The van der Waals surface area contributed by atoms with Crippen LogP contribution in [0.1, 0.15) is 0 Å². The van der Waals surface area contributed by atoms with Crippen LogP contribution in [0.25, 0.3) is 0 Å². The lowest BCUT2D eigenvalue weighted by molar-refractivity contribution is -0.113. The molecule has 0 fully saturated rings. The van der Waals surface area contributed by atoms with E-state index in [2.05, 4.69) is 5.32 Å². The molecule has 0 radical (unpaired) electrons. The molecule has 0 aromatic heterocycles. The molecule has 6 nitrogen and oxygen atoms in total. The van der Waals surface area contributed by atoms with Crippen LogP contribution in [0.5, 0.6) is 23.0 Å². The maximum atomic E-state index is 12.2. The van der Waals surface area contributed by atoms with Crippen molar-refractivity contribution in [2.24, 2.45) is 0 Å². The molecular formula is C18H21NO5S. The first-order valence-corrected chi connectivity index (χ1v) is 8.46. The summed E-state index contributed by atoms with van der Waals surface area (Å²) in [4.78, 5) is 13.2. The molecule has 1 amide bonds. The molecular weight excluding hydrogens is 342 g/mol. The highest BCUT2D eigenvalue weighted by molar-refractivity contribution is 8.00. The number of methoxy groups -OCH3 is 4. The third-order valence-corrected chi connectivity index (χ3v) is 4.40. The summed E-state index contributed by atoms with van der Waals surface area (Å²) in [5.41, 5.74) is 0.569. The highest BCUT2D eigenvalue weighted by Crippen LogP contribution is 2.32. The number of amides is 1. The van der Waals surface area contributed by atoms with Gasteiger partial charge in [-0.05, 0) is 30.3 Å². The molecule has 0 bridgehead atoms. The van der Waals surface area contributed by atoms with Gasteiger partial charge >= 0.3 is 0 Å². The van der Waals surface area contributed by atoms with Crippen LogP contribution in [0.3, 0.4) is 0 Å². The Bertz CT molecular complexity index is 735. The Kier molecular flexibility index (Phi) is 6.82. The van der Waals surface area contributed by atoms with Gasteiger partial charge in [-0.3, -0.25) is 4.79 Å². The predicted octanol–water partition coefficient (Wildman–Crippen LogP) is 3.45. The third kappa shape index (κ3) is 4.96. The standard InChI is InChI=1S/C18H21NO5S/c1-21-12-5-7-15(22-2)14(9-12)19-18(20)11-25-13-6-8-16(23-3)17(10-13)24-4/h5-10H,11H2,1-4H3,(H,19,20). The van der Waals surface area contributed by atoms with E-state index < -0.39 is 0 Å². The van der Waals surface area contributed by atoms with Gasteiger partial charge in [0.05, 0.1) is 39.9 Å². The van der Waals surface area contributed by atoms with Crippen molar-refractivity contribution in [3.8, 4) is 23.0 Å². The van der Waals surface area contributed by atoms with Crippen LogP contribution < -0.4 is 24.3 Å². The van der Waals surface area contributed by atoms with E-state index in [1.807, 2.05) is 18.2 Å². The second-order valence-corrected chi connectivity index (χ2v) is 5.97. The molecule has 2 aromatic rings. The summed E-state index contributed by atoms with van der Waals surface area (Å²) in [7, 11) is 6.28. The number of carbonyl (C=O) groups is 1. The Morgan fingerprint density at radius 3 is 2.20 bits per heavy atom. The van der Waals surface area contributed by atoms with E-state index in [1.165, 1.54) is 11.8 Å². The van der Waals surface area contributed by atoms with E-state index in [-0.39, 0.29) is 11.7 Å². The smallest absolute Gasteiger partial charge is 0.234 e. The molecule has 0 aliphatic rings. The van der Waals surface area contributed by atoms with Gasteiger partial charge in [0.25, 0.3) is 0 Å². The lowest BCUT2D eigenvalue weighted by atomic mass is 10.2. The maximum Gasteiger partial charge on any atom is 0.234 e. The van der Waals surface area contributed by atoms with E-state index in [9.17, 15) is 4.79 Å². The SMILES string of the molecule is COc1ccc(OC)c(NC(=O)CSc2ccc(OC)c(OC)c2)c1. The van der Waals surface area contributed by atoms with E-state index in [0.29, 0.717) is 28.7 Å². The van der Waals surface area contributed by atoms with E-state index in [0.717, 1.165) is 4.90 Å². The Morgan fingerprint density at radius 2 is 1.56 bits per heavy atom. The number of anilines is 1. The molecule has 0 aliphatic carbocycles. The second kappa shape index (κ2) is 9.08. The first-order chi connectivity index (χ1) is 12.1. The number of nitrogens with one attached hydrogen (secondary N) is 1. The zero-order valence-corrected chi connectivity index (χ0v) is 15.4. The topological polar surface area (TPSA) is 66.0 Å². The summed E-state index contributed by atoms with van der Waals surface area (Å²) in [5.74, 6) is 2.59. The van der Waals surface area contributed by atoms with Gasteiger partial charge in [0.2, 0.25) is 5.91 Å². The predicted molar refractivity (Wildman–Crippen MR) is 98.4 cm³/mol. The lowest BCUT2D eigenvalue weighted by Crippen LogP contribution is -2.14. The second-order valence-electron chi connectivity index (χ2n) is 4.92. The van der Waals surface area contributed by atoms with Crippen LogP contribution in [-0.2, 0) is 4.79 Å². The fourth-order valence-corrected chi connectivity index (χ4v) is 2.88. The van der Waals surface area contributed by atoms with Crippen molar-refractivity contribution in [3.63, 3.8) is 0 Å². The van der Waals surface area contributed by atoms with E-state index >= 15 is 0 Å². The molecule has 1 N–H and O–H groups in total. The first kappa shape index (κ1) is 18.8. The number of hydrogen-bond donors (Lipinski definition) is 1. The molecule has 25 heavy (non-hydrogen) atoms. The summed E-state index contributed by atoms with van der Waals surface area (Å²) >= 11 is 1.40. The van der Waals surface area contributed by atoms with Gasteiger partial charge in [0.1, 0.15) is 11.5 Å². The third-order valence-electron chi connectivity index (χ3n) is 3.41. The van der Waals surface area contributed by atoms with Crippen LogP contribution in [-0.4, -0.2) is 40.1 Å². The van der Waals surface area contributed by atoms with Crippen molar-refractivity contribution >= 4 is 23.4 Å². The van der Waals surface area contributed by atoms with Gasteiger partial charge in [0.15, 0.2) is 11.5 Å². The van der Waals surface area contributed by atoms with Crippen molar-refractivity contribution in [2.75, 3.05) is 39.5 Å². The number of thioether (sulfide) groups is 1. The molecule has 0 saturated carbocycles. The summed E-state index contributed by atoms with van der Waals surface area (Å²) < 4.78 is 20.9. The van der Waals surface area contributed by atoms with Gasteiger partial charge in [0, 0.05) is 11.0 Å². The Hall–Kier alpha value is -2.54. The van der Waals surface area contributed by atoms with Crippen LogP contribution in [0.2, 0.25) is 0 Å². The number of carbonyl (C=O) groups excluding carboxylic acids is 1. The average molecular weight is 363 g/mol. The maximum absolute atomic E-state index is 12.2. The first-order valence-electron chi connectivity index (χ1n) is 7.48. The molecule has 134 valence electrons. The fraction of sp³-hybridized carbons (Fsp3) is 0.278. The Labute approximate surface area is 151 Å². The zero-order valence-electron chi connectivity index (χ0n) is 14.6. The Morgan fingerprint density at radius 1 is 0.880 bits per heavy atom. The van der Waals surface area contributed by atoms with Crippen molar-refractivity contribution in [3.05, 3.63) is 36.4 Å². The summed E-state index contributed by atoms with van der Waals surface area (Å²) in [5, 5.41) is 2.84. The molecule has 0 heterocycles. The minimum absolute atomic E-state index is 0.147. The van der Waals surface area contributed by atoms with E-state index in [1.54, 1.807) is 46.6 Å². The van der Waals surface area contributed by atoms with Gasteiger partial charge in [-0.15, -0.1) is 11.8 Å². The quantitative estimate of drug-likeness (QED) is 0.725. The number of ether oxygens (including phenoxy) is 4. The molecule has 7 heteroatoms. The molecule has 0 spiro atoms. The van der Waals surface area contributed by atoms with Crippen LogP contribution in [0, 0.1) is 0 Å². The van der Waals surface area contributed by atoms with Crippen LogP contribution in [0.15, 0.2) is 41.3 Å². The van der Waals surface area contributed by atoms with Crippen molar-refractivity contribution < 1.29 is 23.7 Å². The molecule has 0 aliphatic heterocycles. The van der Waals surface area contributed by atoms with Crippen LogP contribution in [0.4, 0.5) is 5.69 Å². The number of rotatable bonds is 8. The normalized spacial score (nSPS) is 10.1. The van der Waals surface area contributed by atoms with Gasteiger partial charge in [-0.25, -0.2) is 0 Å². The zero-order chi connectivity index (χ0) is 18.2. The minimum Gasteiger partial charge on any atom is -0.497 e. The summed E-state index contributed by atoms with van der Waals surface area (Å²) in [6, 6.07) is 10.8. The van der Waals surface area contributed by atoms with E-state index in [4.69, 9.17) is 18.9 Å². The van der Waals surface area contributed by atoms with Crippen molar-refractivity contribution in [1.29, 1.82) is 0 Å². The summed E-state index contributed by atoms with van der Waals surface area (Å²) in [6.45, 7) is 0. The number of benzene rings is 2. The van der Waals surface area contributed by atoms with Gasteiger partial charge in [-0.1, -0.05) is 0 Å². The molecule has 0 unspecified atom stereocenters. The monoisotopic (exact) mass is 363 g/mol. The lowest BCUT2D eigenvalue weighted by Gasteiger charge is -2.12. The molecule has 0 atom stereocenters. The van der Waals surface area contributed by atoms with Crippen molar-refractivity contribution in [2.45, 2.75) is 4.90 Å². The molecule has 2 aromatic carbocycles. The molecule has 2 rings (SSSR count). The van der Waals surface area contributed by atoms with Gasteiger partial charge in [-0.2, -0.15) is 0 Å². The largest absolute Gasteiger partial charge is 0.497 e. The minimum atomic E-state index is -0.147. The summed E-state index contributed by atoms with van der Waals surface area (Å²) in [6.07, 6.45) is 0. The molecule has 0 saturated heterocycles. The number of hydrogen-bond acceptors (Lipinski definition) is 6.